The first kappa shape index (κ1) is 15.2. The second-order valence-corrected chi connectivity index (χ2v) is 6.74. The van der Waals surface area contributed by atoms with Crippen LogP contribution in [0.25, 0.3) is 16.6 Å². The van der Waals surface area contributed by atoms with E-state index in [1.807, 2.05) is 66.0 Å². The highest BCUT2D eigenvalue weighted by Crippen LogP contribution is 2.30. The lowest BCUT2D eigenvalue weighted by atomic mass is 10.1. The molecule has 0 aliphatic rings. The zero-order valence-electron chi connectivity index (χ0n) is 13.3. The average molecular weight is 335 g/mol. The number of nitrogens with zero attached hydrogens (tertiary/aromatic N) is 3. The molecule has 2 heterocycles. The van der Waals surface area contributed by atoms with Gasteiger partial charge in [0.15, 0.2) is 5.65 Å². The van der Waals surface area contributed by atoms with Gasteiger partial charge in [-0.15, -0.1) is 11.8 Å². The molecular formula is C19H17N3OS. The lowest BCUT2D eigenvalue weighted by Gasteiger charge is -2.12. The maximum Gasteiger partial charge on any atom is 0.157 e. The van der Waals surface area contributed by atoms with Crippen LogP contribution in [-0.4, -0.2) is 25.5 Å². The molecule has 1 N–H and O–H groups in total. The Labute approximate surface area is 144 Å². The summed E-state index contributed by atoms with van der Waals surface area (Å²) in [6.07, 6.45) is -0.514. The van der Waals surface area contributed by atoms with Crippen molar-refractivity contribution in [1.29, 1.82) is 0 Å². The van der Waals surface area contributed by atoms with Gasteiger partial charge in [-0.2, -0.15) is 5.10 Å². The van der Waals surface area contributed by atoms with E-state index in [1.54, 1.807) is 11.8 Å². The predicted molar refractivity (Wildman–Crippen MR) is 97.4 cm³/mol. The standard InChI is InChI=1S/C19H17N3OS/c1-13-11-18-20-19(15-9-5-6-10-16(15)22(18)21-13)24-12-17(23)14-7-3-2-4-8-14/h2-11,17,23H,12H2,1H3/t17-/m0/s1. The van der Waals surface area contributed by atoms with E-state index in [2.05, 4.69) is 11.2 Å². The summed E-state index contributed by atoms with van der Waals surface area (Å²) in [5, 5.41) is 16.9. The maximum atomic E-state index is 10.4. The molecule has 4 nitrogen and oxygen atoms in total. The third-order valence-corrected chi connectivity index (χ3v) is 5.02. The Balaban J connectivity index is 1.70. The van der Waals surface area contributed by atoms with E-state index in [9.17, 15) is 5.11 Å². The Morgan fingerprint density at radius 3 is 2.67 bits per heavy atom. The van der Waals surface area contributed by atoms with E-state index in [-0.39, 0.29) is 0 Å². The molecule has 4 rings (SSSR count). The van der Waals surface area contributed by atoms with Crippen LogP contribution in [0, 0.1) is 6.92 Å². The van der Waals surface area contributed by atoms with Gasteiger partial charge in [0, 0.05) is 17.2 Å². The van der Waals surface area contributed by atoms with Crippen molar-refractivity contribution < 1.29 is 5.11 Å². The van der Waals surface area contributed by atoms with Gasteiger partial charge in [0.05, 0.1) is 17.3 Å². The smallest absolute Gasteiger partial charge is 0.157 e. The molecular weight excluding hydrogens is 318 g/mol. The van der Waals surface area contributed by atoms with E-state index >= 15 is 0 Å². The Kier molecular flexibility index (Phi) is 3.96. The van der Waals surface area contributed by atoms with Crippen molar-refractivity contribution in [3.8, 4) is 0 Å². The summed E-state index contributed by atoms with van der Waals surface area (Å²) >= 11 is 1.57. The van der Waals surface area contributed by atoms with Gasteiger partial charge < -0.3 is 5.11 Å². The largest absolute Gasteiger partial charge is 0.388 e. The summed E-state index contributed by atoms with van der Waals surface area (Å²) in [5.41, 5.74) is 3.74. The van der Waals surface area contributed by atoms with Gasteiger partial charge in [0.25, 0.3) is 0 Å². The molecule has 0 spiro atoms. The minimum absolute atomic E-state index is 0.514. The van der Waals surface area contributed by atoms with Crippen LogP contribution in [0.5, 0.6) is 0 Å². The third kappa shape index (κ3) is 2.77. The second-order valence-electron chi connectivity index (χ2n) is 5.73. The van der Waals surface area contributed by atoms with Gasteiger partial charge in [-0.1, -0.05) is 48.5 Å². The van der Waals surface area contributed by atoms with Crippen LogP contribution in [0.15, 0.2) is 65.7 Å². The minimum atomic E-state index is -0.514. The molecule has 2 aromatic carbocycles. The molecule has 2 aromatic heterocycles. The van der Waals surface area contributed by atoms with Crippen LogP contribution in [0.4, 0.5) is 0 Å². The van der Waals surface area contributed by atoms with Crippen molar-refractivity contribution in [2.24, 2.45) is 0 Å². The first-order valence-electron chi connectivity index (χ1n) is 7.83. The van der Waals surface area contributed by atoms with Crippen LogP contribution in [0.1, 0.15) is 17.4 Å². The number of para-hydroxylation sites is 1. The van der Waals surface area contributed by atoms with Gasteiger partial charge >= 0.3 is 0 Å². The normalized spacial score (nSPS) is 12.8. The molecule has 120 valence electrons. The average Bonchev–Trinajstić information content (AvgIpc) is 3.00. The summed E-state index contributed by atoms with van der Waals surface area (Å²) in [5.74, 6) is 0.560. The lowest BCUT2D eigenvalue weighted by Crippen LogP contribution is -2.02. The molecule has 0 bridgehead atoms. The SMILES string of the molecule is Cc1cc2nc(SC[C@H](O)c3ccccc3)c3ccccc3n2n1. The van der Waals surface area contributed by atoms with Crippen molar-refractivity contribution in [2.45, 2.75) is 18.1 Å². The first-order chi connectivity index (χ1) is 11.7. The number of hydrogen-bond donors (Lipinski definition) is 1. The van der Waals surface area contributed by atoms with E-state index in [0.29, 0.717) is 5.75 Å². The van der Waals surface area contributed by atoms with Crippen LogP contribution < -0.4 is 0 Å². The topological polar surface area (TPSA) is 50.4 Å². The Hall–Kier alpha value is -2.37. The number of aliphatic hydroxyl groups is 1. The quantitative estimate of drug-likeness (QED) is 0.452. The maximum absolute atomic E-state index is 10.4. The molecule has 24 heavy (non-hydrogen) atoms. The zero-order valence-corrected chi connectivity index (χ0v) is 14.1. The van der Waals surface area contributed by atoms with Gasteiger partial charge in [-0.05, 0) is 18.6 Å². The number of benzene rings is 2. The Morgan fingerprint density at radius 2 is 1.83 bits per heavy atom. The molecule has 0 unspecified atom stereocenters. The van der Waals surface area contributed by atoms with Gasteiger partial charge in [-0.3, -0.25) is 0 Å². The summed E-state index contributed by atoms with van der Waals surface area (Å²) in [4.78, 5) is 4.74. The lowest BCUT2D eigenvalue weighted by molar-refractivity contribution is 0.204. The van der Waals surface area contributed by atoms with E-state index in [1.165, 1.54) is 0 Å². The molecule has 5 heteroatoms. The fourth-order valence-electron chi connectivity index (χ4n) is 2.79. The van der Waals surface area contributed by atoms with Crippen molar-refractivity contribution in [3.63, 3.8) is 0 Å². The van der Waals surface area contributed by atoms with Crippen LogP contribution in [0.2, 0.25) is 0 Å². The van der Waals surface area contributed by atoms with Crippen molar-refractivity contribution in [3.05, 3.63) is 71.9 Å². The first-order valence-corrected chi connectivity index (χ1v) is 8.82. The van der Waals surface area contributed by atoms with Gasteiger partial charge in [-0.25, -0.2) is 9.50 Å². The molecule has 0 saturated carbocycles. The minimum Gasteiger partial charge on any atom is -0.388 e. The zero-order chi connectivity index (χ0) is 16.5. The number of aryl methyl sites for hydroxylation is 1. The molecule has 4 aromatic rings. The van der Waals surface area contributed by atoms with Crippen LogP contribution >= 0.6 is 11.8 Å². The number of aliphatic hydroxyl groups excluding tert-OH is 1. The van der Waals surface area contributed by atoms with Crippen molar-refractivity contribution in [2.75, 3.05) is 5.75 Å². The summed E-state index contributed by atoms with van der Waals surface area (Å²) < 4.78 is 1.88. The molecule has 0 amide bonds. The third-order valence-electron chi connectivity index (χ3n) is 3.95. The van der Waals surface area contributed by atoms with Crippen molar-refractivity contribution >= 4 is 28.3 Å². The molecule has 0 saturated heterocycles. The number of fused-ring (bicyclic) bond motifs is 3. The highest BCUT2D eigenvalue weighted by Gasteiger charge is 2.13. The van der Waals surface area contributed by atoms with Gasteiger partial charge in [0.1, 0.15) is 5.03 Å². The van der Waals surface area contributed by atoms with E-state index in [0.717, 1.165) is 32.8 Å². The monoisotopic (exact) mass is 335 g/mol. The molecule has 0 radical (unpaired) electrons. The fraction of sp³-hybridized carbons (Fsp3) is 0.158. The fourth-order valence-corrected chi connectivity index (χ4v) is 3.78. The highest BCUT2D eigenvalue weighted by molar-refractivity contribution is 7.99. The summed E-state index contributed by atoms with van der Waals surface area (Å²) in [6, 6.07) is 19.8. The Bertz CT molecular complexity index is 998. The van der Waals surface area contributed by atoms with E-state index in [4.69, 9.17) is 4.98 Å². The van der Waals surface area contributed by atoms with Crippen molar-refractivity contribution in [1.82, 2.24) is 14.6 Å². The molecule has 0 fully saturated rings. The molecule has 1 atom stereocenters. The Morgan fingerprint density at radius 1 is 1.08 bits per heavy atom. The molecule has 0 aliphatic carbocycles. The van der Waals surface area contributed by atoms with Crippen LogP contribution in [0.3, 0.4) is 0 Å². The van der Waals surface area contributed by atoms with Gasteiger partial charge in [0.2, 0.25) is 0 Å². The number of rotatable bonds is 4. The number of hydrogen-bond acceptors (Lipinski definition) is 4. The van der Waals surface area contributed by atoms with E-state index < -0.39 is 6.10 Å². The molecule has 0 aliphatic heterocycles. The van der Waals surface area contributed by atoms with Crippen LogP contribution in [-0.2, 0) is 0 Å². The highest BCUT2D eigenvalue weighted by atomic mass is 32.2. The second kappa shape index (κ2) is 6.26. The summed E-state index contributed by atoms with van der Waals surface area (Å²) in [7, 11) is 0. The number of thioether (sulfide) groups is 1. The predicted octanol–water partition coefficient (Wildman–Crippen LogP) is 4.02. The number of aromatic nitrogens is 3. The summed E-state index contributed by atoms with van der Waals surface area (Å²) in [6.45, 7) is 1.97.